The van der Waals surface area contributed by atoms with Crippen LogP contribution < -0.4 is 0 Å². The van der Waals surface area contributed by atoms with Gasteiger partial charge in [0, 0.05) is 5.41 Å². The molecule has 18 atom stereocenters. The Hall–Kier alpha value is -1.19. The van der Waals surface area contributed by atoms with Gasteiger partial charge in [-0.25, -0.2) is 0 Å². The van der Waals surface area contributed by atoms with E-state index in [1.165, 1.54) is 12.5 Å². The number of hydrogen-bond acceptors (Lipinski definition) is 11. The van der Waals surface area contributed by atoms with Crippen molar-refractivity contribution >= 4 is 5.97 Å². The van der Waals surface area contributed by atoms with Gasteiger partial charge in [0.05, 0.1) is 30.8 Å². The van der Waals surface area contributed by atoms with Crippen LogP contribution >= 0.6 is 0 Å². The van der Waals surface area contributed by atoms with Crippen molar-refractivity contribution in [3.63, 3.8) is 0 Å². The molecule has 0 amide bonds. The normalized spacial score (nSPS) is 54.5. The van der Waals surface area contributed by atoms with Crippen molar-refractivity contribution in [3.8, 4) is 0 Å². The third-order valence-corrected chi connectivity index (χ3v) is 16.2. The smallest absolute Gasteiger partial charge is 0.310 e. The van der Waals surface area contributed by atoms with Crippen LogP contribution in [0.4, 0.5) is 0 Å². The third-order valence-electron chi connectivity index (χ3n) is 16.2. The monoisotopic (exact) mass is 736 g/mol. The Kier molecular flexibility index (Phi) is 10.1. The summed E-state index contributed by atoms with van der Waals surface area (Å²) in [5, 5.41) is 74.7. The van der Waals surface area contributed by atoms with Gasteiger partial charge in [-0.1, -0.05) is 46.3 Å². The molecule has 52 heavy (non-hydrogen) atoms. The first-order valence-corrected chi connectivity index (χ1v) is 19.9. The number of aliphatic carboxylic acids is 1. The molecule has 0 unspecified atom stereocenters. The van der Waals surface area contributed by atoms with E-state index in [4.69, 9.17) is 18.9 Å². The van der Waals surface area contributed by atoms with Crippen LogP contribution in [0.25, 0.3) is 0 Å². The van der Waals surface area contributed by atoms with Gasteiger partial charge < -0.3 is 54.7 Å². The molecule has 7 rings (SSSR count). The molecule has 0 aromatic carbocycles. The van der Waals surface area contributed by atoms with Gasteiger partial charge in [-0.15, -0.1) is 0 Å². The van der Waals surface area contributed by atoms with E-state index in [-0.39, 0.29) is 41.3 Å². The lowest BCUT2D eigenvalue weighted by atomic mass is 9.37. The third kappa shape index (κ3) is 5.87. The molecule has 6 fully saturated rings. The number of rotatable bonds is 6. The Bertz CT molecular complexity index is 1390. The lowest BCUT2D eigenvalue weighted by Gasteiger charge is -2.68. The minimum Gasteiger partial charge on any atom is -0.481 e. The maximum atomic E-state index is 12.9. The van der Waals surface area contributed by atoms with Crippen LogP contribution in [0.15, 0.2) is 11.6 Å². The molecule has 7 aliphatic rings. The van der Waals surface area contributed by atoms with Crippen LogP contribution in [0.2, 0.25) is 0 Å². The number of aliphatic hydroxyl groups is 6. The fraction of sp³-hybridized carbons (Fsp3) is 0.925. The number of hydrogen-bond donors (Lipinski definition) is 7. The molecule has 0 aromatic rings. The van der Waals surface area contributed by atoms with E-state index in [0.29, 0.717) is 18.3 Å². The molecule has 7 N–H and O–H groups in total. The molecule has 5 aliphatic carbocycles. The summed E-state index contributed by atoms with van der Waals surface area (Å²) < 4.78 is 24.3. The summed E-state index contributed by atoms with van der Waals surface area (Å²) >= 11 is 0. The molecule has 12 nitrogen and oxygen atoms in total. The maximum Gasteiger partial charge on any atom is 0.310 e. The Morgan fingerprint density at radius 1 is 0.808 bits per heavy atom. The van der Waals surface area contributed by atoms with Crippen LogP contribution in [-0.2, 0) is 23.7 Å². The summed E-state index contributed by atoms with van der Waals surface area (Å²) in [6, 6.07) is 0. The fourth-order valence-electron chi connectivity index (χ4n) is 13.0. The standard InChI is InChI=1S/C40H64O12/c1-20-28(43)30(45)31(46)33(50-20)52-32-29(44)24(42)18-49-34(32)51-27-11-13-38(5)25-8-7-21-22(37(25,4)12-10-26(38)39(27,6)19-41)9-14-40(35(47)48)16-15-36(2,3)17-23(21)40/h7,20,22-34,41-46H,8-19H2,1-6H3,(H,47,48)/t20-,22+,23-,24-,25+,26+,27-,28-,29+,30-,31+,32+,33+,34-,37-,38+,39+,40+/m0/s1. The highest BCUT2D eigenvalue weighted by molar-refractivity contribution is 5.76. The van der Waals surface area contributed by atoms with E-state index < -0.39 is 78.2 Å². The van der Waals surface area contributed by atoms with Gasteiger partial charge in [-0.05, 0) is 111 Å². The number of aliphatic hydroxyl groups excluding tert-OH is 6. The van der Waals surface area contributed by atoms with E-state index in [1.807, 2.05) is 0 Å². The van der Waals surface area contributed by atoms with E-state index >= 15 is 0 Å². The van der Waals surface area contributed by atoms with Gasteiger partial charge in [0.25, 0.3) is 0 Å². The molecule has 0 radical (unpaired) electrons. The highest BCUT2D eigenvalue weighted by atomic mass is 16.8. The number of carboxylic acid groups (broad SMARTS) is 1. The first-order valence-electron chi connectivity index (χ1n) is 19.9. The number of carbonyl (C=O) groups is 1. The Morgan fingerprint density at radius 3 is 2.21 bits per heavy atom. The van der Waals surface area contributed by atoms with Gasteiger partial charge in [0.15, 0.2) is 12.6 Å². The molecule has 4 saturated carbocycles. The van der Waals surface area contributed by atoms with Crippen molar-refractivity contribution in [1.82, 2.24) is 0 Å². The molecular formula is C40H64O12. The van der Waals surface area contributed by atoms with Crippen LogP contribution in [-0.4, -0.2) is 116 Å². The van der Waals surface area contributed by atoms with Crippen molar-refractivity contribution in [2.75, 3.05) is 13.2 Å². The van der Waals surface area contributed by atoms with E-state index in [9.17, 15) is 40.5 Å². The zero-order chi connectivity index (χ0) is 37.8. The maximum absolute atomic E-state index is 12.9. The van der Waals surface area contributed by atoms with Gasteiger partial charge >= 0.3 is 5.97 Å². The molecule has 2 aliphatic heterocycles. The minimum absolute atomic E-state index is 0.00736. The molecule has 2 saturated heterocycles. The number of fused-ring (bicyclic) bond motifs is 7. The summed E-state index contributed by atoms with van der Waals surface area (Å²) in [5.41, 5.74) is 0.0510. The van der Waals surface area contributed by atoms with Crippen molar-refractivity contribution in [2.24, 2.45) is 50.7 Å². The molecule has 12 heteroatoms. The average molecular weight is 737 g/mol. The van der Waals surface area contributed by atoms with Crippen molar-refractivity contribution < 1.29 is 59.5 Å². The Labute approximate surface area is 307 Å². The van der Waals surface area contributed by atoms with Crippen molar-refractivity contribution in [3.05, 3.63) is 11.6 Å². The lowest BCUT2D eigenvalue weighted by Crippen LogP contribution is -2.65. The van der Waals surface area contributed by atoms with Gasteiger partial charge in [-0.2, -0.15) is 0 Å². The second-order valence-electron chi connectivity index (χ2n) is 19.4. The van der Waals surface area contributed by atoms with Crippen LogP contribution in [0.3, 0.4) is 0 Å². The minimum atomic E-state index is -1.62. The number of ether oxygens (including phenoxy) is 4. The summed E-state index contributed by atoms with van der Waals surface area (Å²) in [6.07, 6.45) is -1.59. The first kappa shape index (κ1) is 39.1. The topological polar surface area (TPSA) is 196 Å². The Balaban J connectivity index is 1.13. The van der Waals surface area contributed by atoms with Crippen molar-refractivity contribution in [2.45, 2.75) is 167 Å². The Morgan fingerprint density at radius 2 is 1.52 bits per heavy atom. The van der Waals surface area contributed by atoms with Crippen LogP contribution in [0.5, 0.6) is 0 Å². The number of carboxylic acids is 1. The van der Waals surface area contributed by atoms with Crippen molar-refractivity contribution in [1.29, 1.82) is 0 Å². The molecule has 296 valence electrons. The highest BCUT2D eigenvalue weighted by Gasteiger charge is 2.67. The highest BCUT2D eigenvalue weighted by Crippen LogP contribution is 2.72. The molecule has 0 spiro atoms. The summed E-state index contributed by atoms with van der Waals surface area (Å²) in [4.78, 5) is 12.9. The summed E-state index contributed by atoms with van der Waals surface area (Å²) in [7, 11) is 0. The zero-order valence-electron chi connectivity index (χ0n) is 31.8. The quantitative estimate of drug-likeness (QED) is 0.156. The zero-order valence-corrected chi connectivity index (χ0v) is 31.8. The molecule has 0 aromatic heterocycles. The van der Waals surface area contributed by atoms with E-state index in [0.717, 1.165) is 57.8 Å². The second-order valence-corrected chi connectivity index (χ2v) is 19.4. The van der Waals surface area contributed by atoms with Gasteiger partial charge in [0.1, 0.15) is 36.6 Å². The predicted molar refractivity (Wildman–Crippen MR) is 187 cm³/mol. The van der Waals surface area contributed by atoms with Crippen LogP contribution in [0, 0.1) is 50.7 Å². The van der Waals surface area contributed by atoms with E-state index in [2.05, 4.69) is 40.7 Å². The summed E-state index contributed by atoms with van der Waals surface area (Å²) in [5.74, 6) is 0.231. The number of allylic oxidation sites excluding steroid dienone is 2. The second kappa shape index (κ2) is 13.5. The largest absolute Gasteiger partial charge is 0.481 e. The SMILES string of the molecule is C[C@@H]1O[C@H](O[C@H]2[C@H](O[C@H]3CC[C@@]4(C)[C@@H](CC[C@]5(C)[C@H]4CC=C4[C@H]5CC[C@@]5(C(=O)O)CCC(C)(C)C[C@@H]45)[C@@]3(C)CO)OC[C@H](O)[C@H]2O)[C@H](O)[C@@H](O)[C@H]1O. The lowest BCUT2D eigenvalue weighted by molar-refractivity contribution is -0.365. The molecular weight excluding hydrogens is 672 g/mol. The first-order chi connectivity index (χ1) is 24.3. The summed E-state index contributed by atoms with van der Waals surface area (Å²) in [6.45, 7) is 12.7. The van der Waals surface area contributed by atoms with Gasteiger partial charge in [0.2, 0.25) is 0 Å². The average Bonchev–Trinajstić information content (AvgIpc) is 3.09. The molecule has 2 heterocycles. The predicted octanol–water partition coefficient (Wildman–Crippen LogP) is 3.13. The molecule has 0 bridgehead atoms. The fourth-order valence-corrected chi connectivity index (χ4v) is 13.0. The van der Waals surface area contributed by atoms with Crippen LogP contribution in [0.1, 0.15) is 106 Å². The van der Waals surface area contributed by atoms with E-state index in [1.54, 1.807) is 0 Å². The van der Waals surface area contributed by atoms with Gasteiger partial charge in [-0.3, -0.25) is 4.79 Å².